The van der Waals surface area contributed by atoms with Crippen molar-refractivity contribution in [3.8, 4) is 0 Å². The van der Waals surface area contributed by atoms with Crippen molar-refractivity contribution in [2.75, 3.05) is 18.5 Å². The fourth-order valence-electron chi connectivity index (χ4n) is 7.80. The maximum absolute atomic E-state index is 12.7. The van der Waals surface area contributed by atoms with Gasteiger partial charge in [-0.25, -0.2) is 9.59 Å². The first-order chi connectivity index (χ1) is 33.7. The van der Waals surface area contributed by atoms with E-state index in [1.54, 1.807) is 24.3 Å². The van der Waals surface area contributed by atoms with Crippen LogP contribution in [0.15, 0.2) is 122 Å². The third-order valence-electron chi connectivity index (χ3n) is 14.0. The van der Waals surface area contributed by atoms with Crippen molar-refractivity contribution >= 4 is 66.3 Å². The van der Waals surface area contributed by atoms with Gasteiger partial charge in [0.05, 0.1) is 23.3 Å². The molecule has 0 radical (unpaired) electrons. The number of benzene rings is 4. The van der Waals surface area contributed by atoms with Crippen LogP contribution in [-0.4, -0.2) is 68.9 Å². The number of carbonyl (C=O) groups excluding carboxylic acids is 2. The SMILES string of the molecule is CC(C)(C)[Si](C)(C)O[C@H](COC(=O)c1ccccc1)Cc1c[nH]c2ccccc12.CCCCCCBr.CCCCCCn1cc(C[C@@H](COC(=O)c2ccccc2)O[Si](C)(C)C(C)(C)C)c2ccccc21. The molecule has 6 aromatic rings. The van der Waals surface area contributed by atoms with Gasteiger partial charge < -0.3 is 27.9 Å². The Hall–Kier alpha value is -4.27. The van der Waals surface area contributed by atoms with Crippen molar-refractivity contribution in [3.05, 3.63) is 144 Å². The molecule has 0 bridgehead atoms. The van der Waals surface area contributed by atoms with Crippen LogP contribution in [0.4, 0.5) is 0 Å². The topological polar surface area (TPSA) is 91.8 Å². The minimum Gasteiger partial charge on any atom is -0.459 e. The fourth-order valence-corrected chi connectivity index (χ4v) is 10.9. The number of hydrogen-bond acceptors (Lipinski definition) is 6. The third-order valence-corrected chi connectivity index (χ3v) is 23.7. The molecule has 2 heterocycles. The van der Waals surface area contributed by atoms with Gasteiger partial charge in [-0.1, -0.05) is 183 Å². The number of nitrogens with zero attached hydrogens (tertiary/aromatic N) is 1. The fraction of sp³-hybridized carbons (Fsp3) is 0.500. The summed E-state index contributed by atoms with van der Waals surface area (Å²) < 4.78 is 27.3. The summed E-state index contributed by atoms with van der Waals surface area (Å²) in [6.07, 6.45) is 15.8. The number of aromatic amines is 1. The second kappa shape index (κ2) is 28.8. The van der Waals surface area contributed by atoms with Gasteiger partial charge in [-0.15, -0.1) is 0 Å². The number of halogens is 1. The summed E-state index contributed by atoms with van der Waals surface area (Å²) >= 11 is 3.38. The summed E-state index contributed by atoms with van der Waals surface area (Å²) in [5, 5.41) is 3.77. The van der Waals surface area contributed by atoms with Gasteiger partial charge in [0.1, 0.15) is 13.2 Å². The molecule has 0 unspecified atom stereocenters. The van der Waals surface area contributed by atoms with E-state index in [2.05, 4.69) is 150 Å². The van der Waals surface area contributed by atoms with Gasteiger partial charge in [-0.3, -0.25) is 0 Å². The average Bonchev–Trinajstić information content (AvgIpc) is 3.91. The zero-order chi connectivity index (χ0) is 52.1. The number of alkyl halides is 1. The van der Waals surface area contributed by atoms with E-state index in [-0.39, 0.29) is 47.4 Å². The van der Waals surface area contributed by atoms with E-state index in [0.717, 1.165) is 18.5 Å². The standard InChI is InChI=1S/C30H43NO3Si.C24H31NO3Si.C6H13Br/c1-7-8-9-15-20-31-22-25(27-18-13-14-19-28(27)31)21-26(34-35(5,6)30(2,3)4)23-33-29(32)24-16-11-10-12-17-24;1-24(2,3)29(4,5)28-20(17-27-23(26)18-11-7-6-8-12-18)15-19-16-25-22-14-10-9-13-21(19)22;1-2-3-4-5-6-7/h10-14,16-19,22,26H,7-9,15,20-21,23H2,1-6H3;6-14,16,20,25H,15,17H2,1-5H3;2-6H2,1H3/t26-;20-;/m00./s1. The van der Waals surface area contributed by atoms with Crippen molar-refractivity contribution in [2.24, 2.45) is 0 Å². The molecule has 0 amide bonds. The highest BCUT2D eigenvalue weighted by Crippen LogP contribution is 2.39. The molecule has 388 valence electrons. The molecule has 2 atom stereocenters. The molecule has 0 saturated carbocycles. The zero-order valence-electron chi connectivity index (χ0n) is 45.4. The highest BCUT2D eigenvalue weighted by atomic mass is 79.9. The Morgan fingerprint density at radius 2 is 1.03 bits per heavy atom. The first-order valence-corrected chi connectivity index (χ1v) is 33.1. The van der Waals surface area contributed by atoms with E-state index in [9.17, 15) is 9.59 Å². The molecule has 0 aliphatic rings. The van der Waals surface area contributed by atoms with E-state index in [1.807, 2.05) is 54.7 Å². The highest BCUT2D eigenvalue weighted by Gasteiger charge is 2.41. The van der Waals surface area contributed by atoms with E-state index in [1.165, 1.54) is 84.1 Å². The largest absolute Gasteiger partial charge is 0.459 e. The van der Waals surface area contributed by atoms with E-state index >= 15 is 0 Å². The average molecular weight is 1070 g/mol. The molecule has 4 aromatic carbocycles. The van der Waals surface area contributed by atoms with Crippen LogP contribution in [0.2, 0.25) is 36.3 Å². The number of aromatic nitrogens is 2. The maximum atomic E-state index is 12.7. The first kappa shape index (κ1) is 59.3. The number of fused-ring (bicyclic) bond motifs is 2. The molecule has 0 spiro atoms. The summed E-state index contributed by atoms with van der Waals surface area (Å²) in [5.41, 5.74) is 5.95. The van der Waals surface area contributed by atoms with Crippen LogP contribution in [0.25, 0.3) is 21.8 Å². The van der Waals surface area contributed by atoms with E-state index in [0.29, 0.717) is 17.5 Å². The second-order valence-corrected chi connectivity index (χ2v) is 32.2. The van der Waals surface area contributed by atoms with Crippen molar-refractivity contribution in [2.45, 2.75) is 175 Å². The number of para-hydroxylation sites is 2. The normalized spacial score (nSPS) is 12.9. The quantitative estimate of drug-likeness (QED) is 0.0297. The molecule has 0 aliphatic carbocycles. The third kappa shape index (κ3) is 18.9. The molecular weight excluding hydrogens is 981 g/mol. The lowest BCUT2D eigenvalue weighted by Crippen LogP contribution is -2.45. The number of hydrogen-bond donors (Lipinski definition) is 1. The second-order valence-electron chi connectivity index (χ2n) is 21.9. The smallest absolute Gasteiger partial charge is 0.338 e. The summed E-state index contributed by atoms with van der Waals surface area (Å²) in [7, 11) is -4.08. The van der Waals surface area contributed by atoms with Crippen molar-refractivity contribution in [3.63, 3.8) is 0 Å². The Kier molecular flexibility index (Phi) is 24.1. The van der Waals surface area contributed by atoms with Crippen LogP contribution in [0.3, 0.4) is 0 Å². The van der Waals surface area contributed by atoms with Crippen LogP contribution in [-0.2, 0) is 37.7 Å². The maximum Gasteiger partial charge on any atom is 0.338 e. The molecule has 71 heavy (non-hydrogen) atoms. The number of unbranched alkanes of at least 4 members (excludes halogenated alkanes) is 6. The predicted octanol–water partition coefficient (Wildman–Crippen LogP) is 16.9. The van der Waals surface area contributed by atoms with Crippen LogP contribution >= 0.6 is 15.9 Å². The number of carbonyl (C=O) groups is 2. The van der Waals surface area contributed by atoms with Gasteiger partial charge >= 0.3 is 11.9 Å². The summed E-state index contributed by atoms with van der Waals surface area (Å²) in [5.74, 6) is -0.610. The number of ether oxygens (including phenoxy) is 2. The summed E-state index contributed by atoms with van der Waals surface area (Å²) in [4.78, 5) is 28.5. The van der Waals surface area contributed by atoms with E-state index in [4.69, 9.17) is 18.3 Å². The lowest BCUT2D eigenvalue weighted by Gasteiger charge is -2.39. The molecule has 2 aromatic heterocycles. The van der Waals surface area contributed by atoms with Gasteiger partial charge in [0, 0.05) is 58.9 Å². The molecule has 0 saturated heterocycles. The van der Waals surface area contributed by atoms with Gasteiger partial charge in [0.2, 0.25) is 0 Å². The van der Waals surface area contributed by atoms with Gasteiger partial charge in [0.15, 0.2) is 16.6 Å². The molecule has 6 rings (SSSR count). The number of nitrogens with one attached hydrogen (secondary N) is 1. The highest BCUT2D eigenvalue weighted by molar-refractivity contribution is 9.09. The number of H-pyrrole nitrogens is 1. The van der Waals surface area contributed by atoms with Crippen molar-refractivity contribution in [1.29, 1.82) is 0 Å². The van der Waals surface area contributed by atoms with Crippen LogP contribution in [0.1, 0.15) is 139 Å². The lowest BCUT2D eigenvalue weighted by molar-refractivity contribution is 0.0281. The van der Waals surface area contributed by atoms with Crippen molar-refractivity contribution < 1.29 is 27.9 Å². The Labute approximate surface area is 438 Å². The predicted molar refractivity (Wildman–Crippen MR) is 307 cm³/mol. The molecular formula is C60H87BrN2O6Si2. The first-order valence-electron chi connectivity index (χ1n) is 26.2. The Bertz CT molecular complexity index is 2470. The van der Waals surface area contributed by atoms with Crippen LogP contribution < -0.4 is 0 Å². The summed E-state index contributed by atoms with van der Waals surface area (Å²) in [6, 6.07) is 35.2. The molecule has 11 heteroatoms. The summed E-state index contributed by atoms with van der Waals surface area (Å²) in [6.45, 7) is 28.4. The zero-order valence-corrected chi connectivity index (χ0v) is 49.0. The molecule has 0 fully saturated rings. The number of esters is 2. The Balaban J connectivity index is 0.000000275. The van der Waals surface area contributed by atoms with Crippen LogP contribution in [0, 0.1) is 0 Å². The number of rotatable bonds is 23. The van der Waals surface area contributed by atoms with E-state index < -0.39 is 16.6 Å². The monoisotopic (exact) mass is 1070 g/mol. The molecule has 1 N–H and O–H groups in total. The van der Waals surface area contributed by atoms with Gasteiger partial charge in [0.25, 0.3) is 0 Å². The Morgan fingerprint density at radius 3 is 1.52 bits per heavy atom. The van der Waals surface area contributed by atoms with Crippen LogP contribution in [0.5, 0.6) is 0 Å². The minimum absolute atomic E-state index is 0.0714. The molecule has 8 nitrogen and oxygen atoms in total. The lowest BCUT2D eigenvalue weighted by atomic mass is 10.1. The van der Waals surface area contributed by atoms with Crippen molar-refractivity contribution in [1.82, 2.24) is 9.55 Å². The van der Waals surface area contributed by atoms with Gasteiger partial charge in [-0.05, 0) is 96.6 Å². The minimum atomic E-state index is -2.06. The number of aryl methyl sites for hydroxylation is 1. The molecule has 0 aliphatic heterocycles. The Morgan fingerprint density at radius 1 is 0.577 bits per heavy atom. The van der Waals surface area contributed by atoms with Gasteiger partial charge in [-0.2, -0.15) is 0 Å².